The van der Waals surface area contributed by atoms with Gasteiger partial charge in [-0.25, -0.2) is 0 Å². The third-order valence-electron chi connectivity index (χ3n) is 2.63. The van der Waals surface area contributed by atoms with Crippen LogP contribution in [0.4, 0.5) is 0 Å². The zero-order valence-corrected chi connectivity index (χ0v) is 17.7. The first-order valence-corrected chi connectivity index (χ1v) is 10.0. The molecule has 1 N–H and O–H groups in total. The summed E-state index contributed by atoms with van der Waals surface area (Å²) in [5.74, 6) is 15.0. The second-order valence-electron chi connectivity index (χ2n) is 5.25. The number of hydrogen-bond acceptors (Lipinski definition) is 3. The Kier molecular flexibility index (Phi) is 23.3. The second kappa shape index (κ2) is 22.2. The van der Waals surface area contributed by atoms with Crippen molar-refractivity contribution in [3.63, 3.8) is 0 Å². The van der Waals surface area contributed by atoms with Crippen LogP contribution in [0.3, 0.4) is 0 Å². The van der Waals surface area contributed by atoms with Gasteiger partial charge >= 0.3 is 0 Å². The first-order valence-electron chi connectivity index (χ1n) is 8.97. The van der Waals surface area contributed by atoms with E-state index in [9.17, 15) is 0 Å². The molecule has 26 heavy (non-hydrogen) atoms. The Bertz CT molecular complexity index is 458. The fraction of sp³-hybridized carbons (Fsp3) is 0.714. The number of aliphatic hydroxyl groups excluding tert-OH is 1. The van der Waals surface area contributed by atoms with Gasteiger partial charge in [-0.15, -0.1) is 59.2 Å². The van der Waals surface area contributed by atoms with E-state index in [-0.39, 0.29) is 5.88 Å². The molecule has 0 unspecified atom stereocenters. The lowest BCUT2D eigenvalue weighted by molar-refractivity contribution is 0.204. The van der Waals surface area contributed by atoms with Gasteiger partial charge < -0.3 is 14.6 Å². The summed E-state index contributed by atoms with van der Waals surface area (Å²) in [5.41, 5.74) is 0. The van der Waals surface area contributed by atoms with Crippen molar-refractivity contribution in [2.45, 2.75) is 71.2 Å². The minimum Gasteiger partial charge on any atom is -0.391 e. The van der Waals surface area contributed by atoms with E-state index < -0.39 is 6.10 Å². The number of hydrogen-bond donors (Lipinski definition) is 1. The highest BCUT2D eigenvalue weighted by Gasteiger charge is 2.20. The molecule has 3 nitrogen and oxygen atoms in total. The Labute approximate surface area is 170 Å². The highest BCUT2D eigenvalue weighted by atomic mass is 35.5. The first kappa shape index (κ1) is 27.4. The normalized spacial score (nSPS) is 18.8. The molecule has 0 aliphatic carbocycles. The molecular weight excluding hydrogens is 371 g/mol. The zero-order valence-electron chi connectivity index (χ0n) is 16.2. The molecule has 2 aliphatic rings. The molecule has 0 aromatic carbocycles. The number of epoxide rings is 2. The van der Waals surface area contributed by atoms with Crippen LogP contribution in [0.2, 0.25) is 0 Å². The molecule has 2 aliphatic heterocycles. The maximum absolute atomic E-state index is 8.85. The average molecular weight is 403 g/mol. The van der Waals surface area contributed by atoms with Crippen molar-refractivity contribution >= 4 is 23.2 Å². The fourth-order valence-electron chi connectivity index (χ4n) is 1.02. The lowest BCUT2D eigenvalue weighted by Crippen LogP contribution is -2.05. The minimum absolute atomic E-state index is 0.276. The molecule has 0 saturated carbocycles. The van der Waals surface area contributed by atoms with Crippen LogP contribution < -0.4 is 0 Å². The van der Waals surface area contributed by atoms with Crippen LogP contribution in [0.1, 0.15) is 52.9 Å². The molecule has 0 bridgehead atoms. The molecule has 2 saturated heterocycles. The van der Waals surface area contributed by atoms with E-state index in [0.717, 1.165) is 38.9 Å². The van der Waals surface area contributed by atoms with Crippen molar-refractivity contribution in [3.05, 3.63) is 0 Å². The topological polar surface area (TPSA) is 45.3 Å². The summed E-state index contributed by atoms with van der Waals surface area (Å²) < 4.78 is 9.68. The molecule has 5 heteroatoms. The van der Waals surface area contributed by atoms with E-state index in [2.05, 4.69) is 36.5 Å². The van der Waals surface area contributed by atoms with Crippen molar-refractivity contribution in [2.24, 2.45) is 0 Å². The van der Waals surface area contributed by atoms with Crippen LogP contribution in [0.5, 0.6) is 0 Å². The SMILES string of the molecule is C#CCC.CCC#CC[C@H](O)CCl.CCC#CC[C@H]1CO1.ClC[C@@H]1CO1. The number of aliphatic hydroxyl groups is 1. The molecule has 0 radical (unpaired) electrons. The largest absolute Gasteiger partial charge is 0.391 e. The van der Waals surface area contributed by atoms with Crippen molar-refractivity contribution in [3.8, 4) is 36.0 Å². The zero-order chi connectivity index (χ0) is 20.0. The summed E-state index contributed by atoms with van der Waals surface area (Å²) in [6, 6.07) is 0. The summed E-state index contributed by atoms with van der Waals surface area (Å²) >= 11 is 10.6. The highest BCUT2D eigenvalue weighted by Crippen LogP contribution is 2.11. The van der Waals surface area contributed by atoms with Gasteiger partial charge in [-0.1, -0.05) is 20.8 Å². The second-order valence-corrected chi connectivity index (χ2v) is 5.87. The molecule has 0 aromatic heterocycles. The molecule has 148 valence electrons. The van der Waals surface area contributed by atoms with E-state index in [4.69, 9.17) is 44.2 Å². The number of alkyl halides is 2. The lowest BCUT2D eigenvalue weighted by atomic mass is 10.3. The van der Waals surface area contributed by atoms with Crippen LogP contribution in [0.25, 0.3) is 0 Å². The average Bonchev–Trinajstić information content (AvgIpc) is 3.57. The molecule has 2 rings (SSSR count). The van der Waals surface area contributed by atoms with Crippen molar-refractivity contribution in [1.29, 1.82) is 0 Å². The smallest absolute Gasteiger partial charge is 0.0944 e. The van der Waals surface area contributed by atoms with Gasteiger partial charge in [0.05, 0.1) is 37.4 Å². The van der Waals surface area contributed by atoms with Crippen molar-refractivity contribution < 1.29 is 14.6 Å². The van der Waals surface area contributed by atoms with E-state index in [1.165, 1.54) is 0 Å². The van der Waals surface area contributed by atoms with E-state index in [0.29, 0.717) is 24.5 Å². The Morgan fingerprint density at radius 1 is 0.962 bits per heavy atom. The van der Waals surface area contributed by atoms with Gasteiger partial charge in [0, 0.05) is 38.0 Å². The van der Waals surface area contributed by atoms with Gasteiger partial charge in [0.15, 0.2) is 0 Å². The Morgan fingerprint density at radius 3 is 1.77 bits per heavy atom. The molecular formula is C21H32Cl2O3. The minimum atomic E-state index is -0.453. The molecule has 3 atom stereocenters. The summed E-state index contributed by atoms with van der Waals surface area (Å²) in [5, 5.41) is 8.85. The van der Waals surface area contributed by atoms with Gasteiger partial charge in [-0.05, 0) is 0 Å². The highest BCUT2D eigenvalue weighted by molar-refractivity contribution is 6.18. The number of terminal acetylenes is 1. The predicted octanol–water partition coefficient (Wildman–Crippen LogP) is 4.23. The molecule has 2 fully saturated rings. The van der Waals surface area contributed by atoms with Crippen molar-refractivity contribution in [2.75, 3.05) is 25.0 Å². The standard InChI is InChI=1S/C7H11ClO.C7H10O.C4H6.C3H5ClO/c1-2-3-4-5-7(9)6-8;1-2-3-4-5-7-6-8-7;1-3-4-2;4-1-3-2-5-3/h7,9H,2,5-6H2,1H3;7H,2,5-6H2,1H3;1H,4H2,2H3;3H,1-2H2/t2*7-;;3-/m00.1/s1. The summed E-state index contributed by atoms with van der Waals surface area (Å²) in [4.78, 5) is 0. The third-order valence-corrected chi connectivity index (χ3v) is 3.33. The monoisotopic (exact) mass is 402 g/mol. The van der Waals surface area contributed by atoms with E-state index >= 15 is 0 Å². The molecule has 0 spiro atoms. The van der Waals surface area contributed by atoms with Gasteiger partial charge in [0.1, 0.15) is 0 Å². The van der Waals surface area contributed by atoms with Crippen molar-refractivity contribution in [1.82, 2.24) is 0 Å². The Hall–Kier alpha value is -0.860. The number of halogens is 2. The maximum Gasteiger partial charge on any atom is 0.0944 e. The first-order chi connectivity index (χ1) is 12.6. The van der Waals surface area contributed by atoms with Gasteiger partial charge in [-0.3, -0.25) is 0 Å². The fourth-order valence-corrected chi connectivity index (χ4v) is 1.31. The number of rotatable bonds is 4. The number of ether oxygens (including phenoxy) is 2. The summed E-state index contributed by atoms with van der Waals surface area (Å²) in [6.07, 6.45) is 9.30. The maximum atomic E-state index is 8.85. The Morgan fingerprint density at radius 2 is 1.46 bits per heavy atom. The molecule has 0 amide bonds. The summed E-state index contributed by atoms with van der Waals surface area (Å²) in [6.45, 7) is 7.78. The lowest BCUT2D eigenvalue weighted by Gasteiger charge is -1.96. The van der Waals surface area contributed by atoms with Gasteiger partial charge in [-0.2, -0.15) is 0 Å². The summed E-state index contributed by atoms with van der Waals surface area (Å²) in [7, 11) is 0. The molecule has 2 heterocycles. The van der Waals surface area contributed by atoms with Crippen LogP contribution in [-0.4, -0.2) is 48.4 Å². The van der Waals surface area contributed by atoms with Crippen LogP contribution in [-0.2, 0) is 9.47 Å². The third kappa shape index (κ3) is 28.0. The van der Waals surface area contributed by atoms with Crippen LogP contribution in [0, 0.1) is 36.0 Å². The predicted molar refractivity (Wildman–Crippen MR) is 111 cm³/mol. The Balaban J connectivity index is 0. The van der Waals surface area contributed by atoms with E-state index in [1.54, 1.807) is 0 Å². The van der Waals surface area contributed by atoms with Crippen LogP contribution >= 0.6 is 23.2 Å². The molecule has 0 aromatic rings. The van der Waals surface area contributed by atoms with Gasteiger partial charge in [0.2, 0.25) is 0 Å². The quantitative estimate of drug-likeness (QED) is 0.434. The van der Waals surface area contributed by atoms with Crippen LogP contribution in [0.15, 0.2) is 0 Å². The van der Waals surface area contributed by atoms with E-state index in [1.807, 2.05) is 13.8 Å². The van der Waals surface area contributed by atoms with Gasteiger partial charge in [0.25, 0.3) is 0 Å².